The number of nitrogens with zero attached hydrogens (tertiary/aromatic N) is 1. The molecule has 2 N–H and O–H groups in total. The Morgan fingerprint density at radius 2 is 2.05 bits per heavy atom. The summed E-state index contributed by atoms with van der Waals surface area (Å²) in [7, 11) is 3.50. The number of benzene rings is 1. The maximum atomic E-state index is 5.35. The fourth-order valence-electron chi connectivity index (χ4n) is 1.77. The molecule has 0 aliphatic heterocycles. The molecule has 0 amide bonds. The van der Waals surface area contributed by atoms with Crippen LogP contribution in [0.4, 0.5) is 0 Å². The van der Waals surface area contributed by atoms with Crippen molar-refractivity contribution < 1.29 is 4.74 Å². The second-order valence-electron chi connectivity index (χ2n) is 4.49. The van der Waals surface area contributed by atoms with E-state index in [0.717, 1.165) is 31.2 Å². The maximum absolute atomic E-state index is 5.35. The molecular formula is C15H26IN3OS. The fraction of sp³-hybridized carbons (Fsp3) is 0.533. The molecule has 6 heteroatoms. The van der Waals surface area contributed by atoms with E-state index in [1.54, 1.807) is 14.2 Å². The van der Waals surface area contributed by atoms with Crippen LogP contribution in [0, 0.1) is 0 Å². The average molecular weight is 423 g/mol. The van der Waals surface area contributed by atoms with Gasteiger partial charge in [-0.25, -0.2) is 0 Å². The van der Waals surface area contributed by atoms with Gasteiger partial charge in [-0.15, -0.1) is 24.0 Å². The Morgan fingerprint density at radius 3 is 2.67 bits per heavy atom. The minimum absolute atomic E-state index is 0. The van der Waals surface area contributed by atoms with Crippen LogP contribution in [-0.4, -0.2) is 44.7 Å². The second-order valence-corrected chi connectivity index (χ2v) is 5.76. The third kappa shape index (κ3) is 7.80. The molecule has 1 aromatic carbocycles. The van der Waals surface area contributed by atoms with Gasteiger partial charge in [0.1, 0.15) is 5.75 Å². The van der Waals surface area contributed by atoms with Crippen LogP contribution >= 0.6 is 35.7 Å². The van der Waals surface area contributed by atoms with Gasteiger partial charge in [-0.2, -0.15) is 11.8 Å². The molecular weight excluding hydrogens is 397 g/mol. The molecule has 0 aromatic heterocycles. The van der Waals surface area contributed by atoms with E-state index in [1.807, 2.05) is 30.0 Å². The molecule has 1 rings (SSSR count). The molecule has 21 heavy (non-hydrogen) atoms. The van der Waals surface area contributed by atoms with Crippen molar-refractivity contribution in [2.75, 3.05) is 33.5 Å². The van der Waals surface area contributed by atoms with Crippen molar-refractivity contribution >= 4 is 41.7 Å². The first-order valence-electron chi connectivity index (χ1n) is 6.80. The number of thioether (sulfide) groups is 1. The topological polar surface area (TPSA) is 45.7 Å². The third-order valence-electron chi connectivity index (χ3n) is 3.06. The molecule has 0 radical (unpaired) electrons. The lowest BCUT2D eigenvalue weighted by atomic mass is 10.1. The van der Waals surface area contributed by atoms with Gasteiger partial charge in [0.2, 0.25) is 0 Å². The first kappa shape index (κ1) is 20.4. The minimum Gasteiger partial charge on any atom is -0.496 e. The van der Waals surface area contributed by atoms with Crippen molar-refractivity contribution in [3.05, 3.63) is 29.8 Å². The number of halogens is 1. The molecule has 1 aromatic rings. The molecule has 4 nitrogen and oxygen atoms in total. The molecule has 0 heterocycles. The van der Waals surface area contributed by atoms with Crippen LogP contribution in [-0.2, 0) is 6.42 Å². The molecule has 0 saturated carbocycles. The van der Waals surface area contributed by atoms with Crippen LogP contribution in [0.2, 0.25) is 0 Å². The molecule has 0 aliphatic rings. The van der Waals surface area contributed by atoms with Gasteiger partial charge in [-0.05, 0) is 24.3 Å². The highest BCUT2D eigenvalue weighted by atomic mass is 127. The van der Waals surface area contributed by atoms with Crippen molar-refractivity contribution in [2.45, 2.75) is 18.6 Å². The van der Waals surface area contributed by atoms with Crippen LogP contribution in [0.25, 0.3) is 0 Å². The molecule has 0 spiro atoms. The third-order valence-corrected chi connectivity index (χ3v) is 4.03. The SMILES string of the molecule is CN=C(NCCc1ccccc1OC)NCC(C)SC.I. The van der Waals surface area contributed by atoms with Crippen molar-refractivity contribution in [3.63, 3.8) is 0 Å². The average Bonchev–Trinajstić information content (AvgIpc) is 2.50. The number of ether oxygens (including phenoxy) is 1. The maximum Gasteiger partial charge on any atom is 0.191 e. The second kappa shape index (κ2) is 12.0. The van der Waals surface area contributed by atoms with E-state index in [2.05, 4.69) is 34.9 Å². The van der Waals surface area contributed by atoms with Crippen LogP contribution in [0.15, 0.2) is 29.3 Å². The van der Waals surface area contributed by atoms with Gasteiger partial charge in [0.05, 0.1) is 7.11 Å². The first-order valence-corrected chi connectivity index (χ1v) is 8.09. The zero-order valence-electron chi connectivity index (χ0n) is 13.2. The molecule has 120 valence electrons. The lowest BCUT2D eigenvalue weighted by Gasteiger charge is -2.15. The van der Waals surface area contributed by atoms with Crippen LogP contribution < -0.4 is 15.4 Å². The summed E-state index contributed by atoms with van der Waals surface area (Å²) >= 11 is 1.84. The van der Waals surface area contributed by atoms with E-state index in [4.69, 9.17) is 4.74 Å². The van der Waals surface area contributed by atoms with Crippen LogP contribution in [0.3, 0.4) is 0 Å². The number of rotatable bonds is 7. The Bertz CT molecular complexity index is 429. The van der Waals surface area contributed by atoms with Gasteiger partial charge in [-0.3, -0.25) is 4.99 Å². The summed E-state index contributed by atoms with van der Waals surface area (Å²) in [5, 5.41) is 7.22. The van der Waals surface area contributed by atoms with E-state index in [-0.39, 0.29) is 24.0 Å². The molecule has 0 saturated heterocycles. The number of guanidine groups is 1. The first-order chi connectivity index (χ1) is 9.71. The number of nitrogens with one attached hydrogen (secondary N) is 2. The molecule has 0 bridgehead atoms. The summed E-state index contributed by atoms with van der Waals surface area (Å²) in [5.74, 6) is 1.79. The molecule has 1 unspecified atom stereocenters. The van der Waals surface area contributed by atoms with Crippen LogP contribution in [0.5, 0.6) is 5.75 Å². The zero-order chi connectivity index (χ0) is 14.8. The van der Waals surface area contributed by atoms with Crippen molar-refractivity contribution in [1.82, 2.24) is 10.6 Å². The van der Waals surface area contributed by atoms with Gasteiger partial charge in [0.25, 0.3) is 0 Å². The Kier molecular flexibility index (Phi) is 11.6. The van der Waals surface area contributed by atoms with Crippen molar-refractivity contribution in [1.29, 1.82) is 0 Å². The highest BCUT2D eigenvalue weighted by Gasteiger charge is 2.04. The summed E-state index contributed by atoms with van der Waals surface area (Å²) in [6, 6.07) is 8.10. The molecule has 0 aliphatic carbocycles. The monoisotopic (exact) mass is 423 g/mol. The Morgan fingerprint density at radius 1 is 1.33 bits per heavy atom. The summed E-state index contributed by atoms with van der Waals surface area (Å²) in [6.07, 6.45) is 3.02. The predicted octanol–water partition coefficient (Wildman–Crippen LogP) is 2.77. The number of hydrogen-bond donors (Lipinski definition) is 2. The minimum atomic E-state index is 0. The molecule has 1 atom stereocenters. The summed E-state index contributed by atoms with van der Waals surface area (Å²) in [6.45, 7) is 3.93. The predicted molar refractivity (Wildman–Crippen MR) is 104 cm³/mol. The number of hydrogen-bond acceptors (Lipinski definition) is 3. The van der Waals surface area contributed by atoms with E-state index in [1.165, 1.54) is 5.56 Å². The lowest BCUT2D eigenvalue weighted by Crippen LogP contribution is -2.40. The standard InChI is InChI=1S/C15H25N3OS.HI/c1-12(20-4)11-18-15(16-2)17-10-9-13-7-5-6-8-14(13)19-3;/h5-8,12H,9-11H2,1-4H3,(H2,16,17,18);1H. The largest absolute Gasteiger partial charge is 0.496 e. The Labute approximate surface area is 149 Å². The van der Waals surface area contributed by atoms with Crippen LogP contribution in [0.1, 0.15) is 12.5 Å². The van der Waals surface area contributed by atoms with Gasteiger partial charge >= 0.3 is 0 Å². The zero-order valence-corrected chi connectivity index (χ0v) is 16.3. The number of aliphatic imine (C=N–C) groups is 1. The smallest absolute Gasteiger partial charge is 0.191 e. The quantitative estimate of drug-likeness (QED) is 0.402. The lowest BCUT2D eigenvalue weighted by molar-refractivity contribution is 0.409. The Balaban J connectivity index is 0.00000400. The normalized spacial score (nSPS) is 12.3. The highest BCUT2D eigenvalue weighted by molar-refractivity contribution is 14.0. The summed E-state index contributed by atoms with van der Waals surface area (Å²) in [4.78, 5) is 4.22. The summed E-state index contributed by atoms with van der Waals surface area (Å²) in [5.41, 5.74) is 1.20. The van der Waals surface area contributed by atoms with Gasteiger partial charge < -0.3 is 15.4 Å². The van der Waals surface area contributed by atoms with Crippen molar-refractivity contribution in [3.8, 4) is 5.75 Å². The van der Waals surface area contributed by atoms with E-state index >= 15 is 0 Å². The molecule has 0 fully saturated rings. The van der Waals surface area contributed by atoms with E-state index < -0.39 is 0 Å². The van der Waals surface area contributed by atoms with Gasteiger partial charge in [-0.1, -0.05) is 25.1 Å². The number of para-hydroxylation sites is 1. The van der Waals surface area contributed by atoms with E-state index in [9.17, 15) is 0 Å². The number of methoxy groups -OCH3 is 1. The Hall–Kier alpha value is -0.630. The summed E-state index contributed by atoms with van der Waals surface area (Å²) < 4.78 is 5.35. The van der Waals surface area contributed by atoms with Gasteiger partial charge in [0.15, 0.2) is 5.96 Å². The highest BCUT2D eigenvalue weighted by Crippen LogP contribution is 2.17. The van der Waals surface area contributed by atoms with Gasteiger partial charge in [0, 0.05) is 25.4 Å². The fourth-order valence-corrected chi connectivity index (χ4v) is 2.02. The van der Waals surface area contributed by atoms with E-state index in [0.29, 0.717) is 5.25 Å². The van der Waals surface area contributed by atoms with Crippen molar-refractivity contribution in [2.24, 2.45) is 4.99 Å².